The van der Waals surface area contributed by atoms with E-state index in [1.165, 1.54) is 6.20 Å². The summed E-state index contributed by atoms with van der Waals surface area (Å²) < 4.78 is 1.67. The minimum atomic E-state index is -0.593. The summed E-state index contributed by atoms with van der Waals surface area (Å²) in [6.45, 7) is 7.65. The van der Waals surface area contributed by atoms with Crippen LogP contribution in [0.5, 0.6) is 0 Å². The van der Waals surface area contributed by atoms with E-state index in [-0.39, 0.29) is 12.0 Å². The van der Waals surface area contributed by atoms with Gasteiger partial charge in [0.15, 0.2) is 0 Å². The molecule has 0 unspecified atom stereocenters. The molecule has 0 amide bonds. The van der Waals surface area contributed by atoms with Gasteiger partial charge in [0.25, 0.3) is 0 Å². The third-order valence-corrected chi connectivity index (χ3v) is 2.51. The summed E-state index contributed by atoms with van der Waals surface area (Å²) in [4.78, 5) is 14.2. The van der Waals surface area contributed by atoms with Gasteiger partial charge in [0, 0.05) is 0 Å². The van der Waals surface area contributed by atoms with Gasteiger partial charge < -0.3 is 10.1 Å². The Morgan fingerprint density at radius 2 is 2.06 bits per heavy atom. The van der Waals surface area contributed by atoms with Crippen molar-refractivity contribution >= 4 is 13.8 Å². The van der Waals surface area contributed by atoms with Crippen molar-refractivity contribution in [1.82, 2.24) is 9.55 Å². The summed E-state index contributed by atoms with van der Waals surface area (Å²) >= 11 is 0. The maximum absolute atomic E-state index is 10.8. The minimum Gasteiger partial charge on any atom is -0.390 e. The SMILES string of the molecule is CC.[B]C(C)(C)c1cnc([N+](=O)[O-])n1C1CC1. The standard InChI is InChI=1S/C9H12BN3O2.C2H6/c1-9(2,10)7-5-11-8(13(14)15)12(7)6-3-4-6;1-2/h5-6H,3-4H2,1-2H3;1-2H3. The Bertz CT molecular complexity index is 405. The zero-order valence-corrected chi connectivity index (χ0v) is 10.8. The van der Waals surface area contributed by atoms with Gasteiger partial charge >= 0.3 is 5.95 Å². The summed E-state index contributed by atoms with van der Waals surface area (Å²) in [5, 5.41) is 10.2. The number of hydrogen-bond acceptors (Lipinski definition) is 3. The lowest BCUT2D eigenvalue weighted by molar-refractivity contribution is -0.396. The molecular weight excluding hydrogens is 217 g/mol. The largest absolute Gasteiger partial charge is 0.434 e. The Balaban J connectivity index is 0.000000686. The Hall–Kier alpha value is -1.33. The highest BCUT2D eigenvalue weighted by Crippen LogP contribution is 2.41. The van der Waals surface area contributed by atoms with Crippen LogP contribution >= 0.6 is 0 Å². The zero-order valence-electron chi connectivity index (χ0n) is 10.8. The van der Waals surface area contributed by atoms with Crippen LogP contribution in [0.25, 0.3) is 0 Å². The van der Waals surface area contributed by atoms with E-state index >= 15 is 0 Å². The fraction of sp³-hybridized carbons (Fsp3) is 0.727. The fourth-order valence-electron chi connectivity index (χ4n) is 1.66. The normalized spacial score (nSPS) is 15.1. The molecule has 1 aromatic rings. The van der Waals surface area contributed by atoms with Crippen LogP contribution in [-0.4, -0.2) is 22.3 Å². The van der Waals surface area contributed by atoms with Crippen LogP contribution in [-0.2, 0) is 5.31 Å². The molecule has 1 saturated carbocycles. The third kappa shape index (κ3) is 2.87. The summed E-state index contributed by atoms with van der Waals surface area (Å²) in [6, 6.07) is 0.214. The van der Waals surface area contributed by atoms with Gasteiger partial charge in [0.2, 0.25) is 0 Å². The van der Waals surface area contributed by atoms with Crippen molar-refractivity contribution < 1.29 is 4.92 Å². The molecule has 1 aromatic heterocycles. The maximum Gasteiger partial charge on any atom is 0.434 e. The van der Waals surface area contributed by atoms with Crippen molar-refractivity contribution in [2.45, 2.75) is 51.9 Å². The summed E-state index contributed by atoms with van der Waals surface area (Å²) in [6.07, 6.45) is 3.46. The second-order valence-electron chi connectivity index (χ2n) is 4.52. The van der Waals surface area contributed by atoms with E-state index in [1.54, 1.807) is 4.57 Å². The molecule has 0 atom stereocenters. The molecule has 1 aliphatic rings. The Labute approximate surface area is 103 Å². The number of imidazole rings is 1. The van der Waals surface area contributed by atoms with Crippen LogP contribution in [0.2, 0.25) is 0 Å². The number of nitro groups is 1. The zero-order chi connectivity index (χ0) is 13.2. The highest BCUT2D eigenvalue weighted by Gasteiger charge is 2.38. The second kappa shape index (κ2) is 4.90. The predicted octanol–water partition coefficient (Wildman–Crippen LogP) is 2.56. The number of rotatable bonds is 3. The van der Waals surface area contributed by atoms with Gasteiger partial charge in [0.05, 0.1) is 13.9 Å². The molecule has 2 radical (unpaired) electrons. The molecule has 1 aliphatic carbocycles. The summed E-state index contributed by atoms with van der Waals surface area (Å²) in [5.41, 5.74) is 0.733. The molecule has 17 heavy (non-hydrogen) atoms. The third-order valence-electron chi connectivity index (χ3n) is 2.51. The molecule has 0 N–H and O–H groups in total. The first-order valence-corrected chi connectivity index (χ1v) is 5.92. The van der Waals surface area contributed by atoms with Crippen molar-refractivity contribution in [3.63, 3.8) is 0 Å². The smallest absolute Gasteiger partial charge is 0.390 e. The van der Waals surface area contributed by atoms with Crippen LogP contribution in [0.15, 0.2) is 6.20 Å². The molecule has 0 aromatic carbocycles. The lowest BCUT2D eigenvalue weighted by Crippen LogP contribution is -2.21. The molecule has 5 nitrogen and oxygen atoms in total. The second-order valence-corrected chi connectivity index (χ2v) is 4.52. The van der Waals surface area contributed by atoms with E-state index in [9.17, 15) is 10.1 Å². The maximum atomic E-state index is 10.8. The van der Waals surface area contributed by atoms with Crippen molar-refractivity contribution in [3.8, 4) is 0 Å². The Morgan fingerprint density at radius 1 is 1.53 bits per heavy atom. The molecule has 6 heteroatoms. The first-order valence-electron chi connectivity index (χ1n) is 5.92. The lowest BCUT2D eigenvalue weighted by atomic mass is 9.70. The van der Waals surface area contributed by atoms with Gasteiger partial charge in [-0.3, -0.25) is 0 Å². The lowest BCUT2D eigenvalue weighted by Gasteiger charge is -2.17. The molecule has 92 valence electrons. The van der Waals surface area contributed by atoms with Crippen LogP contribution in [0.1, 0.15) is 52.3 Å². The number of aromatic nitrogens is 2. The highest BCUT2D eigenvalue weighted by atomic mass is 16.6. The topological polar surface area (TPSA) is 61.0 Å². The molecule has 1 fully saturated rings. The van der Waals surface area contributed by atoms with Crippen LogP contribution < -0.4 is 0 Å². The molecule has 0 aliphatic heterocycles. The van der Waals surface area contributed by atoms with Crippen molar-refractivity contribution in [2.24, 2.45) is 0 Å². The van der Waals surface area contributed by atoms with Gasteiger partial charge in [-0.05, 0) is 23.1 Å². The average molecular weight is 235 g/mol. The van der Waals surface area contributed by atoms with Gasteiger partial charge in [-0.25, -0.2) is 4.57 Å². The van der Waals surface area contributed by atoms with E-state index < -0.39 is 10.2 Å². The van der Waals surface area contributed by atoms with Crippen LogP contribution in [0.3, 0.4) is 0 Å². The van der Waals surface area contributed by atoms with E-state index in [2.05, 4.69) is 4.98 Å². The molecule has 0 bridgehead atoms. The number of hydrogen-bond donors (Lipinski definition) is 0. The van der Waals surface area contributed by atoms with E-state index in [4.69, 9.17) is 7.85 Å². The van der Waals surface area contributed by atoms with E-state index in [1.807, 2.05) is 27.7 Å². The minimum absolute atomic E-state index is 0.0916. The summed E-state index contributed by atoms with van der Waals surface area (Å²) in [7, 11) is 5.95. The molecule has 1 heterocycles. The predicted molar refractivity (Wildman–Crippen MR) is 67.3 cm³/mol. The Morgan fingerprint density at radius 3 is 2.41 bits per heavy atom. The molecular formula is C11H18BN3O2. The first kappa shape index (κ1) is 13.7. The number of nitrogens with zero attached hydrogens (tertiary/aromatic N) is 3. The molecule has 0 spiro atoms. The van der Waals surface area contributed by atoms with Crippen molar-refractivity contribution in [1.29, 1.82) is 0 Å². The van der Waals surface area contributed by atoms with Crippen LogP contribution in [0.4, 0.5) is 5.95 Å². The van der Waals surface area contributed by atoms with Gasteiger partial charge in [-0.2, -0.15) is 0 Å². The van der Waals surface area contributed by atoms with Crippen LogP contribution in [0, 0.1) is 10.1 Å². The van der Waals surface area contributed by atoms with E-state index in [0.29, 0.717) is 0 Å². The quantitative estimate of drug-likeness (QED) is 0.459. The highest BCUT2D eigenvalue weighted by molar-refractivity contribution is 6.15. The van der Waals surface area contributed by atoms with E-state index in [0.717, 1.165) is 18.5 Å². The average Bonchev–Trinajstić information content (AvgIpc) is 2.97. The van der Waals surface area contributed by atoms with Gasteiger partial charge in [-0.1, -0.05) is 32.7 Å². The van der Waals surface area contributed by atoms with Gasteiger partial charge in [-0.15, -0.1) is 0 Å². The van der Waals surface area contributed by atoms with Crippen molar-refractivity contribution in [3.05, 3.63) is 22.0 Å². The molecule has 2 rings (SSSR count). The fourth-order valence-corrected chi connectivity index (χ4v) is 1.66. The van der Waals surface area contributed by atoms with Crippen molar-refractivity contribution in [2.75, 3.05) is 0 Å². The Kier molecular flexibility index (Phi) is 3.96. The van der Waals surface area contributed by atoms with Gasteiger partial charge in [0.1, 0.15) is 11.9 Å². The monoisotopic (exact) mass is 235 g/mol. The molecule has 0 saturated heterocycles. The summed E-state index contributed by atoms with van der Waals surface area (Å²) in [5.74, 6) is -0.0916. The first-order chi connectivity index (χ1) is 7.91.